The summed E-state index contributed by atoms with van der Waals surface area (Å²) in [6.07, 6.45) is -1.22. The van der Waals surface area contributed by atoms with E-state index in [2.05, 4.69) is 0 Å². The highest BCUT2D eigenvalue weighted by Crippen LogP contribution is 2.45. The number of amides is 1. The van der Waals surface area contributed by atoms with Crippen molar-refractivity contribution in [1.82, 2.24) is 4.90 Å². The number of rotatable bonds is 4. The Balaban J connectivity index is 1.53. The number of piperidine rings is 1. The van der Waals surface area contributed by atoms with Crippen LogP contribution >= 0.6 is 0 Å². The van der Waals surface area contributed by atoms with Crippen molar-refractivity contribution in [3.8, 4) is 6.07 Å². The van der Waals surface area contributed by atoms with Crippen molar-refractivity contribution in [2.24, 2.45) is 17.3 Å². The number of fused-ring (bicyclic) bond motifs is 1. The van der Waals surface area contributed by atoms with Crippen LogP contribution in [0.1, 0.15) is 36.8 Å². The van der Waals surface area contributed by atoms with E-state index in [-0.39, 0.29) is 29.4 Å². The number of aliphatic hydroxyl groups excluding tert-OH is 1. The second kappa shape index (κ2) is 7.21. The van der Waals surface area contributed by atoms with Gasteiger partial charge in [-0.05, 0) is 43.4 Å². The minimum atomic E-state index is -4.59. The minimum Gasteiger partial charge on any atom is -0.396 e. The Kier molecular flexibility index (Phi) is 4.97. The van der Waals surface area contributed by atoms with Gasteiger partial charge in [-0.15, -0.1) is 0 Å². The molecule has 0 spiro atoms. The number of benzene rings is 1. The molecule has 2 saturated heterocycles. The molecule has 0 aromatic heterocycles. The minimum absolute atomic E-state index is 0.00869. The fourth-order valence-electron chi connectivity index (χ4n) is 4.72. The number of carbonyl (C=O) groups is 1. The first-order valence-electron chi connectivity index (χ1n) is 10.0. The normalized spacial score (nSPS) is 26.9. The first kappa shape index (κ1) is 20.0. The molecule has 1 aromatic rings. The molecular formula is C21H24F3N3O2. The largest absolute Gasteiger partial charge is 0.417 e. The molecule has 3 fully saturated rings. The van der Waals surface area contributed by atoms with Gasteiger partial charge in [0.15, 0.2) is 0 Å². The summed E-state index contributed by atoms with van der Waals surface area (Å²) in [5.41, 5.74) is -1.27. The van der Waals surface area contributed by atoms with Crippen LogP contribution in [0, 0.1) is 28.6 Å². The van der Waals surface area contributed by atoms with E-state index in [1.54, 1.807) is 12.1 Å². The summed E-state index contributed by atoms with van der Waals surface area (Å²) in [6, 6.07) is 5.41. The topological polar surface area (TPSA) is 67.6 Å². The summed E-state index contributed by atoms with van der Waals surface area (Å²) >= 11 is 0. The second-order valence-electron chi connectivity index (χ2n) is 8.67. The molecule has 0 unspecified atom stereocenters. The maximum absolute atomic E-state index is 13.3. The first-order chi connectivity index (χ1) is 13.8. The van der Waals surface area contributed by atoms with E-state index in [0.29, 0.717) is 50.6 Å². The van der Waals surface area contributed by atoms with Crippen LogP contribution in [0.2, 0.25) is 0 Å². The van der Waals surface area contributed by atoms with Crippen molar-refractivity contribution < 1.29 is 23.1 Å². The third-order valence-corrected chi connectivity index (χ3v) is 6.75. The Bertz CT molecular complexity index is 847. The average molecular weight is 407 g/mol. The molecule has 2 heterocycles. The number of alkyl halides is 3. The molecule has 0 bridgehead atoms. The third kappa shape index (κ3) is 3.80. The summed E-state index contributed by atoms with van der Waals surface area (Å²) in [5.74, 6) is 0.625. The number of anilines is 1. The van der Waals surface area contributed by atoms with E-state index >= 15 is 0 Å². The molecule has 1 aromatic carbocycles. The standard InChI is InChI=1S/C21H24F3N3O2/c22-21(23,24)18-8-17(4-3-15(18)9-25)26-6-5-20(13-28)12-27(11-16(20)10-26)19(29)7-14-1-2-14/h3-4,8,14,16,28H,1-2,5-7,10-13H2/t16-,20+/m1/s1. The molecule has 29 heavy (non-hydrogen) atoms. The lowest BCUT2D eigenvalue weighted by molar-refractivity contribution is -0.137. The van der Waals surface area contributed by atoms with Crippen LogP contribution in [0.15, 0.2) is 18.2 Å². The highest BCUT2D eigenvalue weighted by molar-refractivity contribution is 5.77. The van der Waals surface area contributed by atoms with E-state index in [4.69, 9.17) is 5.26 Å². The van der Waals surface area contributed by atoms with Gasteiger partial charge in [-0.25, -0.2) is 0 Å². The number of carbonyl (C=O) groups excluding carboxylic acids is 1. The Labute approximate surface area is 167 Å². The zero-order chi connectivity index (χ0) is 20.8. The van der Waals surface area contributed by atoms with Gasteiger partial charge in [0.2, 0.25) is 5.91 Å². The van der Waals surface area contributed by atoms with Crippen LogP contribution in [0.5, 0.6) is 0 Å². The van der Waals surface area contributed by atoms with Gasteiger partial charge in [0.1, 0.15) is 0 Å². The summed E-state index contributed by atoms with van der Waals surface area (Å²) in [5, 5.41) is 19.1. The Morgan fingerprint density at radius 2 is 2.07 bits per heavy atom. The van der Waals surface area contributed by atoms with E-state index in [1.807, 2.05) is 9.80 Å². The molecule has 4 rings (SSSR count). The predicted molar refractivity (Wildman–Crippen MR) is 99.9 cm³/mol. The molecule has 2 aliphatic heterocycles. The van der Waals surface area contributed by atoms with E-state index in [1.165, 1.54) is 6.07 Å². The summed E-state index contributed by atoms with van der Waals surface area (Å²) < 4.78 is 39.9. The molecule has 3 aliphatic rings. The maximum atomic E-state index is 13.3. The van der Waals surface area contributed by atoms with Crippen LogP contribution < -0.4 is 4.90 Å². The molecule has 156 valence electrons. The van der Waals surface area contributed by atoms with Gasteiger partial charge in [0, 0.05) is 49.6 Å². The lowest BCUT2D eigenvalue weighted by Crippen LogP contribution is -2.49. The lowest BCUT2D eigenvalue weighted by Gasteiger charge is -2.43. The zero-order valence-electron chi connectivity index (χ0n) is 16.1. The van der Waals surface area contributed by atoms with Gasteiger partial charge in [-0.1, -0.05) is 0 Å². The van der Waals surface area contributed by atoms with Gasteiger partial charge in [0.25, 0.3) is 0 Å². The number of nitriles is 1. The number of aliphatic hydroxyl groups is 1. The predicted octanol–water partition coefficient (Wildman–Crippen LogP) is 3.02. The van der Waals surface area contributed by atoms with Crippen molar-refractivity contribution in [2.45, 2.75) is 31.9 Å². The summed E-state index contributed by atoms with van der Waals surface area (Å²) in [4.78, 5) is 16.3. The van der Waals surface area contributed by atoms with Crippen molar-refractivity contribution in [3.63, 3.8) is 0 Å². The SMILES string of the molecule is N#Cc1ccc(N2CC[C@@]3(CO)CN(C(=O)CC4CC4)C[C@H]3C2)cc1C(F)(F)F. The van der Waals surface area contributed by atoms with Gasteiger partial charge < -0.3 is 14.9 Å². The Hall–Kier alpha value is -2.27. The first-order valence-corrected chi connectivity index (χ1v) is 10.0. The van der Waals surface area contributed by atoms with Gasteiger partial charge >= 0.3 is 6.18 Å². The molecule has 1 N–H and O–H groups in total. The molecule has 5 nitrogen and oxygen atoms in total. The summed E-state index contributed by atoms with van der Waals surface area (Å²) in [6.45, 7) is 2.02. The number of hydrogen-bond acceptors (Lipinski definition) is 4. The molecule has 1 amide bonds. The smallest absolute Gasteiger partial charge is 0.396 e. The Morgan fingerprint density at radius 1 is 1.31 bits per heavy atom. The average Bonchev–Trinajstić information content (AvgIpc) is 3.42. The highest BCUT2D eigenvalue weighted by atomic mass is 19.4. The van der Waals surface area contributed by atoms with Crippen molar-refractivity contribution in [3.05, 3.63) is 29.3 Å². The van der Waals surface area contributed by atoms with Gasteiger partial charge in [0.05, 0.1) is 23.8 Å². The molecule has 1 aliphatic carbocycles. The summed E-state index contributed by atoms with van der Waals surface area (Å²) in [7, 11) is 0. The lowest BCUT2D eigenvalue weighted by atomic mass is 9.73. The van der Waals surface area contributed by atoms with Crippen LogP contribution in [-0.2, 0) is 11.0 Å². The van der Waals surface area contributed by atoms with Gasteiger partial charge in [-0.3, -0.25) is 4.79 Å². The zero-order valence-corrected chi connectivity index (χ0v) is 16.1. The van der Waals surface area contributed by atoms with Gasteiger partial charge in [-0.2, -0.15) is 18.4 Å². The van der Waals surface area contributed by atoms with E-state index < -0.39 is 11.7 Å². The van der Waals surface area contributed by atoms with Crippen molar-refractivity contribution in [1.29, 1.82) is 5.26 Å². The molecular weight excluding hydrogens is 383 g/mol. The number of hydrogen-bond donors (Lipinski definition) is 1. The van der Waals surface area contributed by atoms with E-state index in [9.17, 15) is 23.1 Å². The highest BCUT2D eigenvalue weighted by Gasteiger charge is 2.50. The van der Waals surface area contributed by atoms with Crippen LogP contribution in [0.25, 0.3) is 0 Å². The van der Waals surface area contributed by atoms with Crippen molar-refractivity contribution >= 4 is 11.6 Å². The molecule has 2 atom stereocenters. The van der Waals surface area contributed by atoms with Crippen LogP contribution in [-0.4, -0.2) is 48.7 Å². The molecule has 0 radical (unpaired) electrons. The van der Waals surface area contributed by atoms with E-state index in [0.717, 1.165) is 18.9 Å². The Morgan fingerprint density at radius 3 is 2.69 bits per heavy atom. The van der Waals surface area contributed by atoms with Crippen molar-refractivity contribution in [2.75, 3.05) is 37.7 Å². The number of nitrogens with zero attached hydrogens (tertiary/aromatic N) is 3. The molecule has 1 saturated carbocycles. The fraction of sp³-hybridized carbons (Fsp3) is 0.619. The fourth-order valence-corrected chi connectivity index (χ4v) is 4.72. The molecule has 8 heteroatoms. The quantitative estimate of drug-likeness (QED) is 0.833. The maximum Gasteiger partial charge on any atom is 0.417 e. The monoisotopic (exact) mass is 407 g/mol. The number of halogens is 3. The van der Waals surface area contributed by atoms with Crippen LogP contribution in [0.3, 0.4) is 0 Å². The van der Waals surface area contributed by atoms with Crippen LogP contribution in [0.4, 0.5) is 18.9 Å². The second-order valence-corrected chi connectivity index (χ2v) is 8.67. The third-order valence-electron chi connectivity index (χ3n) is 6.75. The number of likely N-dealkylation sites (tertiary alicyclic amines) is 1.